The first-order chi connectivity index (χ1) is 5.77. The summed E-state index contributed by atoms with van der Waals surface area (Å²) in [7, 11) is 3.99. The van der Waals surface area contributed by atoms with Crippen LogP contribution in [0.15, 0.2) is 5.38 Å². The molecule has 0 aliphatic heterocycles. The molecule has 0 fully saturated rings. The van der Waals surface area contributed by atoms with Crippen LogP contribution < -0.4 is 10.2 Å². The molecule has 0 atom stereocenters. The third-order valence-corrected chi connectivity index (χ3v) is 2.70. The molecule has 4 heteroatoms. The number of nitrogens with one attached hydrogen (secondary N) is 1. The monoisotopic (exact) mass is 185 g/mol. The SMILES string of the molecule is CCN(C)c1nc(CNC)cs1. The smallest absolute Gasteiger partial charge is 0.185 e. The largest absolute Gasteiger partial charge is 0.351 e. The van der Waals surface area contributed by atoms with Gasteiger partial charge in [0.1, 0.15) is 0 Å². The fourth-order valence-electron chi connectivity index (χ4n) is 0.869. The molecule has 1 aromatic heterocycles. The van der Waals surface area contributed by atoms with E-state index in [-0.39, 0.29) is 0 Å². The van der Waals surface area contributed by atoms with Crippen LogP contribution in [0.4, 0.5) is 5.13 Å². The van der Waals surface area contributed by atoms with Crippen LogP contribution in [0.5, 0.6) is 0 Å². The van der Waals surface area contributed by atoms with Gasteiger partial charge < -0.3 is 10.2 Å². The van der Waals surface area contributed by atoms with Crippen molar-refractivity contribution in [2.24, 2.45) is 0 Å². The summed E-state index contributed by atoms with van der Waals surface area (Å²) in [5.74, 6) is 0. The van der Waals surface area contributed by atoms with Crippen molar-refractivity contribution >= 4 is 16.5 Å². The van der Waals surface area contributed by atoms with Crippen molar-refractivity contribution in [3.8, 4) is 0 Å². The molecule has 0 spiro atoms. The van der Waals surface area contributed by atoms with Gasteiger partial charge in [0, 0.05) is 25.5 Å². The first-order valence-electron chi connectivity index (χ1n) is 4.08. The number of nitrogens with zero attached hydrogens (tertiary/aromatic N) is 2. The summed E-state index contributed by atoms with van der Waals surface area (Å²) in [6.45, 7) is 3.99. The van der Waals surface area contributed by atoms with E-state index in [2.05, 4.69) is 34.6 Å². The van der Waals surface area contributed by atoms with Crippen molar-refractivity contribution in [3.05, 3.63) is 11.1 Å². The van der Waals surface area contributed by atoms with Crippen LogP contribution >= 0.6 is 11.3 Å². The Hall–Kier alpha value is -0.610. The molecule has 3 nitrogen and oxygen atoms in total. The highest BCUT2D eigenvalue weighted by Crippen LogP contribution is 2.18. The van der Waals surface area contributed by atoms with Crippen LogP contribution in [0.1, 0.15) is 12.6 Å². The summed E-state index contributed by atoms with van der Waals surface area (Å²) >= 11 is 1.70. The minimum Gasteiger partial charge on any atom is -0.351 e. The molecule has 12 heavy (non-hydrogen) atoms. The second-order valence-corrected chi connectivity index (χ2v) is 3.50. The van der Waals surface area contributed by atoms with Gasteiger partial charge in [-0.1, -0.05) is 0 Å². The molecular formula is C8H15N3S. The zero-order valence-corrected chi connectivity index (χ0v) is 8.61. The van der Waals surface area contributed by atoms with E-state index in [9.17, 15) is 0 Å². The highest BCUT2D eigenvalue weighted by Gasteiger charge is 2.03. The lowest BCUT2D eigenvalue weighted by Gasteiger charge is -2.11. The Kier molecular flexibility index (Phi) is 3.49. The Morgan fingerprint density at radius 3 is 3.00 bits per heavy atom. The molecule has 1 rings (SSSR count). The summed E-state index contributed by atoms with van der Waals surface area (Å²) in [4.78, 5) is 6.60. The Labute approximate surface area is 77.4 Å². The van der Waals surface area contributed by atoms with Gasteiger partial charge in [-0.25, -0.2) is 4.98 Å². The van der Waals surface area contributed by atoms with Crippen LogP contribution in [0, 0.1) is 0 Å². The van der Waals surface area contributed by atoms with Crippen LogP contribution in [-0.4, -0.2) is 25.6 Å². The number of hydrogen-bond donors (Lipinski definition) is 1. The van der Waals surface area contributed by atoms with Crippen molar-refractivity contribution in [1.82, 2.24) is 10.3 Å². The van der Waals surface area contributed by atoms with Gasteiger partial charge in [-0.2, -0.15) is 0 Å². The quantitative estimate of drug-likeness (QED) is 0.767. The first-order valence-corrected chi connectivity index (χ1v) is 4.96. The zero-order valence-electron chi connectivity index (χ0n) is 7.79. The lowest BCUT2D eigenvalue weighted by molar-refractivity contribution is 0.794. The molecular weight excluding hydrogens is 170 g/mol. The first kappa shape index (κ1) is 9.48. The molecule has 0 unspecified atom stereocenters. The summed E-state index contributed by atoms with van der Waals surface area (Å²) < 4.78 is 0. The van der Waals surface area contributed by atoms with Gasteiger partial charge in [0.25, 0.3) is 0 Å². The predicted octanol–water partition coefficient (Wildman–Crippen LogP) is 1.32. The van der Waals surface area contributed by atoms with Crippen LogP contribution in [0.2, 0.25) is 0 Å². The van der Waals surface area contributed by atoms with E-state index >= 15 is 0 Å². The van der Waals surface area contributed by atoms with E-state index in [1.165, 1.54) is 0 Å². The topological polar surface area (TPSA) is 28.2 Å². The van der Waals surface area contributed by atoms with E-state index in [1.807, 2.05) is 7.05 Å². The van der Waals surface area contributed by atoms with Gasteiger partial charge in [0.2, 0.25) is 0 Å². The molecule has 0 aliphatic carbocycles. The minimum atomic E-state index is 0.855. The molecule has 0 bridgehead atoms. The lowest BCUT2D eigenvalue weighted by Crippen LogP contribution is -2.15. The molecule has 1 heterocycles. The van der Waals surface area contributed by atoms with E-state index in [4.69, 9.17) is 0 Å². The molecule has 0 radical (unpaired) electrons. The Bertz CT molecular complexity index is 234. The summed E-state index contributed by atoms with van der Waals surface area (Å²) in [6.07, 6.45) is 0. The van der Waals surface area contributed by atoms with Crippen molar-refractivity contribution in [2.75, 3.05) is 25.5 Å². The normalized spacial score (nSPS) is 10.2. The lowest BCUT2D eigenvalue weighted by atomic mass is 10.5. The number of thiazole rings is 1. The third-order valence-electron chi connectivity index (χ3n) is 1.70. The number of aromatic nitrogens is 1. The number of anilines is 1. The maximum absolute atomic E-state index is 4.45. The van der Waals surface area contributed by atoms with Crippen molar-refractivity contribution in [1.29, 1.82) is 0 Å². The predicted molar refractivity (Wildman–Crippen MR) is 53.8 cm³/mol. The molecule has 1 aromatic rings. The van der Waals surface area contributed by atoms with E-state index in [1.54, 1.807) is 11.3 Å². The van der Waals surface area contributed by atoms with E-state index in [0.717, 1.165) is 23.9 Å². The van der Waals surface area contributed by atoms with Crippen molar-refractivity contribution < 1.29 is 0 Å². The van der Waals surface area contributed by atoms with Gasteiger partial charge >= 0.3 is 0 Å². The van der Waals surface area contributed by atoms with Crippen molar-refractivity contribution in [2.45, 2.75) is 13.5 Å². The fraction of sp³-hybridized carbons (Fsp3) is 0.625. The average Bonchev–Trinajstić information content (AvgIpc) is 2.52. The molecule has 0 amide bonds. The van der Waals surface area contributed by atoms with Crippen LogP contribution in [0.3, 0.4) is 0 Å². The number of rotatable bonds is 4. The van der Waals surface area contributed by atoms with Gasteiger partial charge in [0.15, 0.2) is 5.13 Å². The summed E-state index contributed by atoms with van der Waals surface area (Å²) in [5.41, 5.74) is 1.12. The summed E-state index contributed by atoms with van der Waals surface area (Å²) in [6, 6.07) is 0. The fourth-order valence-corrected chi connectivity index (χ4v) is 1.73. The Balaban J connectivity index is 2.63. The molecule has 0 saturated carbocycles. The average molecular weight is 185 g/mol. The van der Waals surface area contributed by atoms with E-state index < -0.39 is 0 Å². The second-order valence-electron chi connectivity index (χ2n) is 2.67. The molecule has 0 saturated heterocycles. The Morgan fingerprint density at radius 1 is 1.67 bits per heavy atom. The minimum absolute atomic E-state index is 0.855. The molecule has 0 aromatic carbocycles. The van der Waals surface area contributed by atoms with Crippen LogP contribution in [0.25, 0.3) is 0 Å². The standard InChI is InChI=1S/C8H15N3S/c1-4-11(3)8-10-7(5-9-2)6-12-8/h6,9H,4-5H2,1-3H3. The van der Waals surface area contributed by atoms with Gasteiger partial charge in [-0.15, -0.1) is 11.3 Å². The van der Waals surface area contributed by atoms with Crippen LogP contribution in [-0.2, 0) is 6.54 Å². The van der Waals surface area contributed by atoms with Gasteiger partial charge in [0.05, 0.1) is 5.69 Å². The van der Waals surface area contributed by atoms with Gasteiger partial charge in [-0.05, 0) is 14.0 Å². The van der Waals surface area contributed by atoms with Gasteiger partial charge in [-0.3, -0.25) is 0 Å². The highest BCUT2D eigenvalue weighted by atomic mass is 32.1. The second kappa shape index (κ2) is 4.42. The molecule has 1 N–H and O–H groups in total. The zero-order chi connectivity index (χ0) is 8.97. The van der Waals surface area contributed by atoms with E-state index in [0.29, 0.717) is 0 Å². The van der Waals surface area contributed by atoms with Crippen molar-refractivity contribution in [3.63, 3.8) is 0 Å². The third kappa shape index (κ3) is 2.19. The maximum atomic E-state index is 4.45. The maximum Gasteiger partial charge on any atom is 0.185 e. The molecule has 68 valence electrons. The summed E-state index contributed by atoms with van der Waals surface area (Å²) in [5, 5.41) is 6.27. The highest BCUT2D eigenvalue weighted by molar-refractivity contribution is 7.13. The number of hydrogen-bond acceptors (Lipinski definition) is 4. The Morgan fingerprint density at radius 2 is 2.42 bits per heavy atom. The molecule has 0 aliphatic rings.